The standard InChI is InChI=1S/C28H40OS/c1-25(2,3)20-17-19(18-21(22(20)29)26(4,5)6)23-27(13-9-7-10-14-27)24(30)28(23)15-11-8-12-16-28/h17-18H,7-16H2,1-6H3. The minimum Gasteiger partial charge on any atom is -0.289 e. The second-order valence-corrected chi connectivity index (χ2v) is 12.8. The SMILES string of the molecule is CC(C)(C)C1=CC(=C2C3(CCCCC3)C(=S)C23CCCCC3)C=C(C(C)(C)C)C1=O. The molecule has 0 bridgehead atoms. The Morgan fingerprint density at radius 1 is 0.700 bits per heavy atom. The summed E-state index contributed by atoms with van der Waals surface area (Å²) < 4.78 is 0. The maximum Gasteiger partial charge on any atom is 0.186 e. The van der Waals surface area contributed by atoms with E-state index in [1.165, 1.54) is 74.6 Å². The van der Waals surface area contributed by atoms with Crippen molar-refractivity contribution in [1.29, 1.82) is 0 Å². The fraction of sp³-hybridized carbons (Fsp3) is 0.714. The molecule has 3 saturated carbocycles. The number of hydrogen-bond donors (Lipinski definition) is 0. The highest BCUT2D eigenvalue weighted by Gasteiger charge is 2.63. The minimum atomic E-state index is -0.155. The van der Waals surface area contributed by atoms with Gasteiger partial charge in [0.2, 0.25) is 0 Å². The van der Waals surface area contributed by atoms with Gasteiger partial charge in [0, 0.05) is 26.8 Å². The van der Waals surface area contributed by atoms with Crippen molar-refractivity contribution >= 4 is 22.9 Å². The summed E-state index contributed by atoms with van der Waals surface area (Å²) >= 11 is 6.28. The van der Waals surface area contributed by atoms with Crippen LogP contribution >= 0.6 is 12.2 Å². The highest BCUT2D eigenvalue weighted by Crippen LogP contribution is 2.69. The van der Waals surface area contributed by atoms with Gasteiger partial charge in [0.05, 0.1) is 0 Å². The molecule has 0 heterocycles. The van der Waals surface area contributed by atoms with Crippen LogP contribution in [0.3, 0.4) is 0 Å². The molecule has 0 aromatic carbocycles. The lowest BCUT2D eigenvalue weighted by Gasteiger charge is -2.64. The summed E-state index contributed by atoms with van der Waals surface area (Å²) in [5.74, 6) is 0.247. The summed E-state index contributed by atoms with van der Waals surface area (Å²) in [4.78, 5) is 14.9. The summed E-state index contributed by atoms with van der Waals surface area (Å²) in [7, 11) is 0. The summed E-state index contributed by atoms with van der Waals surface area (Å²) in [6.07, 6.45) is 17.3. The predicted molar refractivity (Wildman–Crippen MR) is 131 cm³/mol. The van der Waals surface area contributed by atoms with Crippen LogP contribution in [0.2, 0.25) is 0 Å². The van der Waals surface area contributed by atoms with E-state index in [1.807, 2.05) is 0 Å². The fourth-order valence-electron chi connectivity index (χ4n) is 6.79. The largest absolute Gasteiger partial charge is 0.289 e. The predicted octanol–water partition coefficient (Wildman–Crippen LogP) is 8.10. The van der Waals surface area contributed by atoms with Crippen molar-refractivity contribution in [1.82, 2.24) is 0 Å². The van der Waals surface area contributed by atoms with E-state index < -0.39 is 0 Å². The molecule has 164 valence electrons. The molecule has 4 aliphatic carbocycles. The van der Waals surface area contributed by atoms with Crippen molar-refractivity contribution in [2.45, 2.75) is 106 Å². The molecule has 1 nitrogen and oxygen atoms in total. The van der Waals surface area contributed by atoms with Gasteiger partial charge in [-0.25, -0.2) is 0 Å². The number of carbonyl (C=O) groups excluding carboxylic acids is 1. The van der Waals surface area contributed by atoms with Crippen LogP contribution in [0.25, 0.3) is 0 Å². The van der Waals surface area contributed by atoms with E-state index in [0.717, 1.165) is 11.1 Å². The Labute approximate surface area is 189 Å². The van der Waals surface area contributed by atoms with E-state index >= 15 is 0 Å². The lowest BCUT2D eigenvalue weighted by molar-refractivity contribution is -0.114. The molecule has 0 radical (unpaired) electrons. The molecule has 4 rings (SSSR count). The first-order chi connectivity index (χ1) is 13.9. The fourth-order valence-corrected chi connectivity index (χ4v) is 7.40. The molecule has 30 heavy (non-hydrogen) atoms. The molecule has 2 spiro atoms. The van der Waals surface area contributed by atoms with Crippen molar-refractivity contribution in [3.63, 3.8) is 0 Å². The molecule has 2 heteroatoms. The molecule has 0 aromatic rings. The zero-order chi connectivity index (χ0) is 21.9. The first-order valence-corrected chi connectivity index (χ1v) is 12.6. The third-order valence-corrected chi connectivity index (χ3v) is 9.02. The van der Waals surface area contributed by atoms with Crippen LogP contribution in [-0.2, 0) is 4.79 Å². The van der Waals surface area contributed by atoms with Crippen LogP contribution in [0.4, 0.5) is 0 Å². The van der Waals surface area contributed by atoms with Gasteiger partial charge >= 0.3 is 0 Å². The van der Waals surface area contributed by atoms with Crippen molar-refractivity contribution in [3.05, 3.63) is 34.4 Å². The number of ketones is 1. The Morgan fingerprint density at radius 2 is 1.07 bits per heavy atom. The van der Waals surface area contributed by atoms with Gasteiger partial charge < -0.3 is 0 Å². The molecular formula is C28H40OS. The molecule has 0 unspecified atom stereocenters. The monoisotopic (exact) mass is 424 g/mol. The first-order valence-electron chi connectivity index (χ1n) is 12.2. The van der Waals surface area contributed by atoms with Crippen molar-refractivity contribution in [2.24, 2.45) is 21.7 Å². The Hall–Kier alpha value is -1.02. The third-order valence-electron chi connectivity index (χ3n) is 8.23. The second kappa shape index (κ2) is 7.26. The lowest BCUT2D eigenvalue weighted by atomic mass is 9.41. The van der Waals surface area contributed by atoms with E-state index in [1.54, 1.807) is 5.57 Å². The Balaban J connectivity index is 1.97. The van der Waals surface area contributed by atoms with E-state index in [4.69, 9.17) is 12.2 Å². The quantitative estimate of drug-likeness (QED) is 0.365. The number of carbonyl (C=O) groups is 1. The van der Waals surface area contributed by atoms with E-state index in [0.29, 0.717) is 0 Å². The van der Waals surface area contributed by atoms with Crippen LogP contribution in [0, 0.1) is 21.7 Å². The highest BCUT2D eigenvalue weighted by molar-refractivity contribution is 7.80. The molecule has 0 atom stereocenters. The van der Waals surface area contributed by atoms with Crippen molar-refractivity contribution < 1.29 is 4.79 Å². The Kier molecular flexibility index (Phi) is 5.37. The van der Waals surface area contributed by atoms with Gasteiger partial charge in [-0.05, 0) is 59.8 Å². The van der Waals surface area contributed by atoms with Crippen LogP contribution in [0.5, 0.6) is 0 Å². The molecule has 4 aliphatic rings. The van der Waals surface area contributed by atoms with Gasteiger partial charge in [-0.1, -0.05) is 92.3 Å². The topological polar surface area (TPSA) is 17.1 Å². The third kappa shape index (κ3) is 3.24. The Bertz CT molecular complexity index is 787. The van der Waals surface area contributed by atoms with Crippen LogP contribution < -0.4 is 0 Å². The maximum atomic E-state index is 13.5. The van der Waals surface area contributed by atoms with Gasteiger partial charge in [0.1, 0.15) is 0 Å². The summed E-state index contributed by atoms with van der Waals surface area (Å²) in [6.45, 7) is 13.1. The average molecular weight is 425 g/mol. The van der Waals surface area contributed by atoms with Crippen molar-refractivity contribution in [2.75, 3.05) is 0 Å². The Morgan fingerprint density at radius 3 is 1.40 bits per heavy atom. The second-order valence-electron chi connectivity index (χ2n) is 12.4. The van der Waals surface area contributed by atoms with E-state index in [2.05, 4.69) is 53.7 Å². The van der Waals surface area contributed by atoms with Gasteiger partial charge in [0.25, 0.3) is 0 Å². The summed E-state index contributed by atoms with van der Waals surface area (Å²) in [5, 5.41) is 0. The number of thiocarbonyl (C=S) groups is 1. The van der Waals surface area contributed by atoms with Gasteiger partial charge in [-0.15, -0.1) is 0 Å². The maximum absolute atomic E-state index is 13.5. The first kappa shape index (κ1) is 22.2. The number of rotatable bonds is 0. The van der Waals surface area contributed by atoms with E-state index in [9.17, 15) is 4.79 Å². The van der Waals surface area contributed by atoms with Crippen LogP contribution in [0.1, 0.15) is 106 Å². The summed E-state index contributed by atoms with van der Waals surface area (Å²) in [5.41, 5.74) is 4.88. The van der Waals surface area contributed by atoms with Gasteiger partial charge in [-0.2, -0.15) is 0 Å². The normalized spacial score (nSPS) is 26.6. The van der Waals surface area contributed by atoms with Gasteiger partial charge in [-0.3, -0.25) is 4.79 Å². The molecule has 0 N–H and O–H groups in total. The van der Waals surface area contributed by atoms with Gasteiger partial charge in [0.15, 0.2) is 5.78 Å². The smallest absolute Gasteiger partial charge is 0.186 e. The lowest BCUT2D eigenvalue weighted by Crippen LogP contribution is -2.60. The highest BCUT2D eigenvalue weighted by atomic mass is 32.1. The molecule has 0 amide bonds. The number of allylic oxidation sites excluding steroid dienone is 6. The van der Waals surface area contributed by atoms with E-state index in [-0.39, 0.29) is 27.4 Å². The molecule has 3 fully saturated rings. The summed E-state index contributed by atoms with van der Waals surface area (Å²) in [6, 6.07) is 0. The zero-order valence-electron chi connectivity index (χ0n) is 20.0. The number of hydrogen-bond acceptors (Lipinski definition) is 2. The zero-order valence-corrected chi connectivity index (χ0v) is 20.9. The average Bonchev–Trinajstić information content (AvgIpc) is 2.68. The van der Waals surface area contributed by atoms with Crippen molar-refractivity contribution in [3.8, 4) is 0 Å². The molecule has 0 saturated heterocycles. The van der Waals surface area contributed by atoms with Crippen LogP contribution in [-0.4, -0.2) is 10.6 Å². The molecule has 0 aromatic heterocycles. The minimum absolute atomic E-state index is 0.125. The number of Topliss-reactive ketones (excluding diaryl/α,β-unsaturated/α-hetero) is 1. The molecule has 0 aliphatic heterocycles. The molecular weight excluding hydrogens is 384 g/mol. The van der Waals surface area contributed by atoms with Crippen LogP contribution in [0.15, 0.2) is 34.4 Å².